The fourth-order valence-electron chi connectivity index (χ4n) is 3.49. The van der Waals surface area contributed by atoms with Crippen LogP contribution in [0.15, 0.2) is 4.79 Å². The summed E-state index contributed by atoms with van der Waals surface area (Å²) < 4.78 is 1.49. The van der Waals surface area contributed by atoms with Gasteiger partial charge in [0.15, 0.2) is 0 Å². The van der Waals surface area contributed by atoms with Gasteiger partial charge in [0, 0.05) is 33.2 Å². The molecule has 122 valence electrons. The Morgan fingerprint density at radius 1 is 1.26 bits per heavy atom. The van der Waals surface area contributed by atoms with Gasteiger partial charge in [0.25, 0.3) is 0 Å². The van der Waals surface area contributed by atoms with E-state index in [0.717, 1.165) is 37.3 Å². The van der Waals surface area contributed by atoms with Crippen LogP contribution in [0.1, 0.15) is 5.69 Å². The molecule has 2 aromatic heterocycles. The van der Waals surface area contributed by atoms with Crippen LogP contribution in [0.4, 0.5) is 11.5 Å². The van der Waals surface area contributed by atoms with E-state index in [1.54, 1.807) is 7.05 Å². The summed E-state index contributed by atoms with van der Waals surface area (Å²) >= 11 is 6.50. The van der Waals surface area contributed by atoms with Crippen molar-refractivity contribution in [3.8, 4) is 0 Å². The first kappa shape index (κ1) is 14.7. The molecule has 0 aliphatic carbocycles. The van der Waals surface area contributed by atoms with Crippen molar-refractivity contribution in [2.75, 3.05) is 43.4 Å². The molecule has 2 aliphatic heterocycles. The summed E-state index contributed by atoms with van der Waals surface area (Å²) in [6, 6.07) is 0.250. The van der Waals surface area contributed by atoms with Gasteiger partial charge in [0.2, 0.25) is 0 Å². The van der Waals surface area contributed by atoms with Crippen molar-refractivity contribution in [2.24, 2.45) is 7.05 Å². The van der Waals surface area contributed by atoms with E-state index in [4.69, 9.17) is 11.6 Å². The Bertz CT molecular complexity index is 863. The number of hydrogen-bond acceptors (Lipinski definition) is 6. The van der Waals surface area contributed by atoms with E-state index in [-0.39, 0.29) is 11.7 Å². The average Bonchev–Trinajstić information content (AvgIpc) is 2.67. The molecular formula is C15H19ClN6O. The highest BCUT2D eigenvalue weighted by Crippen LogP contribution is 2.39. The minimum atomic E-state index is -0.285. The van der Waals surface area contributed by atoms with Crippen LogP contribution in [0.5, 0.6) is 0 Å². The Kier molecular flexibility index (Phi) is 3.24. The SMILES string of the molecule is Cc1nc2c3c(nc(=O)n2C)N2CCN(C)CC2CNc3c1Cl. The molecule has 1 fully saturated rings. The fourth-order valence-corrected chi connectivity index (χ4v) is 3.69. The summed E-state index contributed by atoms with van der Waals surface area (Å²) in [5.74, 6) is 0.704. The first-order valence-corrected chi connectivity index (χ1v) is 8.11. The number of nitrogens with one attached hydrogen (secondary N) is 1. The summed E-state index contributed by atoms with van der Waals surface area (Å²) in [6.45, 7) is 5.32. The molecule has 0 amide bonds. The quantitative estimate of drug-likeness (QED) is 0.770. The van der Waals surface area contributed by atoms with Gasteiger partial charge in [-0.2, -0.15) is 4.98 Å². The van der Waals surface area contributed by atoms with Crippen LogP contribution in [0.3, 0.4) is 0 Å². The minimum Gasteiger partial charge on any atom is -0.381 e. The lowest BCUT2D eigenvalue weighted by atomic mass is 10.1. The number of halogens is 1. The summed E-state index contributed by atoms with van der Waals surface area (Å²) in [5.41, 5.74) is 1.89. The Labute approximate surface area is 138 Å². The highest BCUT2D eigenvalue weighted by atomic mass is 35.5. The van der Waals surface area contributed by atoms with Crippen LogP contribution >= 0.6 is 11.6 Å². The van der Waals surface area contributed by atoms with Crippen molar-refractivity contribution >= 4 is 34.1 Å². The second-order valence-corrected chi connectivity index (χ2v) is 6.73. The maximum Gasteiger partial charge on any atom is 0.350 e. The van der Waals surface area contributed by atoms with Crippen LogP contribution in [0.2, 0.25) is 5.02 Å². The fraction of sp³-hybridized carbons (Fsp3) is 0.533. The van der Waals surface area contributed by atoms with Gasteiger partial charge in [-0.1, -0.05) is 11.6 Å². The lowest BCUT2D eigenvalue weighted by Gasteiger charge is -2.39. The van der Waals surface area contributed by atoms with Crippen LogP contribution in [-0.2, 0) is 7.05 Å². The van der Waals surface area contributed by atoms with Crippen molar-refractivity contribution in [1.29, 1.82) is 0 Å². The van der Waals surface area contributed by atoms with Crippen molar-refractivity contribution in [3.05, 3.63) is 21.2 Å². The van der Waals surface area contributed by atoms with Crippen LogP contribution in [-0.4, -0.2) is 58.7 Å². The number of nitrogens with zero attached hydrogens (tertiary/aromatic N) is 5. The van der Waals surface area contributed by atoms with Crippen molar-refractivity contribution in [1.82, 2.24) is 19.4 Å². The van der Waals surface area contributed by atoms with Gasteiger partial charge in [-0.25, -0.2) is 9.78 Å². The maximum absolute atomic E-state index is 12.3. The van der Waals surface area contributed by atoms with Crippen molar-refractivity contribution in [3.63, 3.8) is 0 Å². The topological polar surface area (TPSA) is 66.3 Å². The number of piperazine rings is 1. The average molecular weight is 335 g/mol. The van der Waals surface area contributed by atoms with E-state index in [2.05, 4.69) is 32.1 Å². The predicted octanol–water partition coefficient (Wildman–Crippen LogP) is 0.836. The van der Waals surface area contributed by atoms with Crippen LogP contribution in [0.25, 0.3) is 11.0 Å². The van der Waals surface area contributed by atoms with E-state index in [1.807, 2.05) is 6.92 Å². The number of pyridine rings is 1. The zero-order valence-corrected chi connectivity index (χ0v) is 14.2. The molecule has 0 spiro atoms. The van der Waals surface area contributed by atoms with E-state index in [0.29, 0.717) is 22.2 Å². The molecule has 0 bridgehead atoms. The Balaban J connectivity index is 2.06. The molecule has 0 aromatic carbocycles. The summed E-state index contributed by atoms with van der Waals surface area (Å²) in [4.78, 5) is 25.7. The normalized spacial score (nSPS) is 21.0. The van der Waals surface area contributed by atoms with Gasteiger partial charge in [-0.05, 0) is 14.0 Å². The van der Waals surface area contributed by atoms with E-state index in [1.165, 1.54) is 4.57 Å². The number of hydrogen-bond donors (Lipinski definition) is 1. The number of aryl methyl sites for hydroxylation is 2. The number of aromatic nitrogens is 3. The minimum absolute atomic E-state index is 0.250. The van der Waals surface area contributed by atoms with Gasteiger partial charge in [-0.15, -0.1) is 0 Å². The molecule has 0 saturated carbocycles. The highest BCUT2D eigenvalue weighted by Gasteiger charge is 2.33. The second kappa shape index (κ2) is 5.07. The third-order valence-corrected chi connectivity index (χ3v) is 5.25. The van der Waals surface area contributed by atoms with Crippen molar-refractivity contribution < 1.29 is 0 Å². The van der Waals surface area contributed by atoms with Gasteiger partial charge >= 0.3 is 5.69 Å². The summed E-state index contributed by atoms with van der Waals surface area (Å²) in [5, 5.41) is 4.92. The molecule has 1 N–H and O–H groups in total. The van der Waals surface area contributed by atoms with Gasteiger partial charge < -0.3 is 15.1 Å². The van der Waals surface area contributed by atoms with E-state index < -0.39 is 0 Å². The Morgan fingerprint density at radius 3 is 2.83 bits per heavy atom. The second-order valence-electron chi connectivity index (χ2n) is 6.35. The molecule has 0 radical (unpaired) electrons. The first-order valence-electron chi connectivity index (χ1n) is 7.73. The summed E-state index contributed by atoms with van der Waals surface area (Å²) in [7, 11) is 3.81. The lowest BCUT2D eigenvalue weighted by Crippen LogP contribution is -2.54. The molecule has 2 aromatic rings. The number of fused-ring (bicyclic) bond motifs is 2. The Hall–Kier alpha value is -1.86. The van der Waals surface area contributed by atoms with E-state index >= 15 is 0 Å². The molecule has 4 rings (SSSR count). The molecule has 4 heterocycles. The zero-order valence-electron chi connectivity index (χ0n) is 13.4. The molecular weight excluding hydrogens is 316 g/mol. The standard InChI is InChI=1S/C15H19ClN6O/c1-8-11(16)12-10-13(18-8)21(3)15(23)19-14(10)22-5-4-20(2)7-9(22)6-17-12/h9,17H,4-7H2,1-3H3. The monoisotopic (exact) mass is 334 g/mol. The number of anilines is 2. The lowest BCUT2D eigenvalue weighted by molar-refractivity contribution is 0.272. The molecule has 7 nitrogen and oxygen atoms in total. The predicted molar refractivity (Wildman–Crippen MR) is 91.6 cm³/mol. The Morgan fingerprint density at radius 2 is 2.04 bits per heavy atom. The van der Waals surface area contributed by atoms with Crippen LogP contribution in [0, 0.1) is 6.92 Å². The third kappa shape index (κ3) is 2.10. The number of likely N-dealkylation sites (N-methyl/N-ethyl adjacent to an activating group) is 1. The van der Waals surface area contributed by atoms with Crippen molar-refractivity contribution in [2.45, 2.75) is 13.0 Å². The largest absolute Gasteiger partial charge is 0.381 e. The molecule has 2 aliphatic rings. The molecule has 8 heteroatoms. The smallest absolute Gasteiger partial charge is 0.350 e. The zero-order chi connectivity index (χ0) is 16.3. The maximum atomic E-state index is 12.3. The first-order chi connectivity index (χ1) is 11.0. The third-order valence-electron chi connectivity index (χ3n) is 4.79. The molecule has 1 saturated heterocycles. The van der Waals surface area contributed by atoms with Gasteiger partial charge in [-0.3, -0.25) is 4.57 Å². The van der Waals surface area contributed by atoms with Gasteiger partial charge in [0.1, 0.15) is 11.5 Å². The van der Waals surface area contributed by atoms with Crippen LogP contribution < -0.4 is 15.9 Å². The van der Waals surface area contributed by atoms with E-state index in [9.17, 15) is 4.79 Å². The van der Waals surface area contributed by atoms with Gasteiger partial charge in [0.05, 0.1) is 27.8 Å². The molecule has 1 atom stereocenters. The molecule has 1 unspecified atom stereocenters. The summed E-state index contributed by atoms with van der Waals surface area (Å²) in [6.07, 6.45) is 0. The molecule has 23 heavy (non-hydrogen) atoms. The highest BCUT2D eigenvalue weighted by molar-refractivity contribution is 6.35. The number of rotatable bonds is 0.